The number of nitrogens with one attached hydrogen (secondary N) is 1. The molecule has 1 N–H and O–H groups in total. The molecule has 94 valence electrons. The summed E-state index contributed by atoms with van der Waals surface area (Å²) in [4.78, 5) is 13.7. The molecule has 0 aliphatic rings. The summed E-state index contributed by atoms with van der Waals surface area (Å²) in [6.07, 6.45) is 1.56. The van der Waals surface area contributed by atoms with Gasteiger partial charge in [-0.25, -0.2) is 9.37 Å². The third kappa shape index (κ3) is 2.62. The number of hydrogen-bond acceptors (Lipinski definition) is 5. The molecule has 6 nitrogen and oxygen atoms in total. The molecule has 7 heteroatoms. The van der Waals surface area contributed by atoms with Crippen molar-refractivity contribution in [2.75, 3.05) is 5.32 Å². The number of hydrogen-bond donors (Lipinski definition) is 1. The second-order valence-electron chi connectivity index (χ2n) is 3.64. The van der Waals surface area contributed by atoms with Gasteiger partial charge in [-0.15, -0.1) is 0 Å². The minimum Gasteiger partial charge on any atom is -0.444 e. The first-order valence-electron chi connectivity index (χ1n) is 5.15. The van der Waals surface area contributed by atoms with Crippen molar-refractivity contribution < 1.29 is 13.7 Å². The number of rotatable bonds is 4. The van der Waals surface area contributed by atoms with Gasteiger partial charge >= 0.3 is 0 Å². The van der Waals surface area contributed by atoms with E-state index in [9.17, 15) is 14.5 Å². The first-order chi connectivity index (χ1) is 8.56. The van der Waals surface area contributed by atoms with Crippen molar-refractivity contribution in [2.45, 2.75) is 13.5 Å². The van der Waals surface area contributed by atoms with Crippen molar-refractivity contribution in [2.24, 2.45) is 0 Å². The van der Waals surface area contributed by atoms with E-state index < -0.39 is 10.7 Å². The van der Waals surface area contributed by atoms with Gasteiger partial charge in [0.1, 0.15) is 5.76 Å². The highest BCUT2D eigenvalue weighted by Crippen LogP contribution is 2.20. The maximum Gasteiger partial charge on any atom is 0.272 e. The fraction of sp³-hybridized carbons (Fsp3) is 0.182. The van der Waals surface area contributed by atoms with Crippen molar-refractivity contribution in [3.8, 4) is 0 Å². The average molecular weight is 251 g/mol. The van der Waals surface area contributed by atoms with E-state index in [4.69, 9.17) is 4.42 Å². The molecule has 0 bridgehead atoms. The Labute approximate surface area is 102 Å². The van der Waals surface area contributed by atoms with Crippen LogP contribution in [-0.2, 0) is 6.54 Å². The third-order valence-corrected chi connectivity index (χ3v) is 2.26. The van der Waals surface area contributed by atoms with Crippen molar-refractivity contribution in [3.63, 3.8) is 0 Å². The van der Waals surface area contributed by atoms with Gasteiger partial charge in [-0.2, -0.15) is 0 Å². The Balaban J connectivity index is 2.08. The molecule has 18 heavy (non-hydrogen) atoms. The lowest BCUT2D eigenvalue weighted by atomic mass is 10.2. The fourth-order valence-electron chi connectivity index (χ4n) is 1.41. The summed E-state index contributed by atoms with van der Waals surface area (Å²) in [6, 6.07) is 3.40. The summed E-state index contributed by atoms with van der Waals surface area (Å²) in [7, 11) is 0. The van der Waals surface area contributed by atoms with Gasteiger partial charge in [-0.1, -0.05) is 0 Å². The molecule has 1 aromatic heterocycles. The third-order valence-electron chi connectivity index (χ3n) is 2.26. The predicted octanol–water partition coefficient (Wildman–Crippen LogP) is 2.64. The number of nitro groups is 1. The molecular formula is C11H10FN3O3. The largest absolute Gasteiger partial charge is 0.444 e. The second kappa shape index (κ2) is 4.82. The van der Waals surface area contributed by atoms with Gasteiger partial charge in [-0.05, 0) is 13.0 Å². The van der Waals surface area contributed by atoms with Crippen molar-refractivity contribution in [3.05, 3.63) is 52.0 Å². The number of aryl methyl sites for hydroxylation is 1. The Bertz CT molecular complexity index is 583. The highest BCUT2D eigenvalue weighted by Gasteiger charge is 2.11. The topological polar surface area (TPSA) is 81.2 Å². The van der Waals surface area contributed by atoms with E-state index in [1.54, 1.807) is 13.1 Å². The first-order valence-corrected chi connectivity index (χ1v) is 5.15. The van der Waals surface area contributed by atoms with Crippen LogP contribution in [0.3, 0.4) is 0 Å². The Morgan fingerprint density at radius 3 is 2.89 bits per heavy atom. The number of oxazole rings is 1. The molecule has 2 aromatic rings. The van der Waals surface area contributed by atoms with Gasteiger partial charge in [0.2, 0.25) is 5.89 Å². The summed E-state index contributed by atoms with van der Waals surface area (Å²) in [5, 5.41) is 13.2. The van der Waals surface area contributed by atoms with Crippen molar-refractivity contribution in [1.82, 2.24) is 4.98 Å². The van der Waals surface area contributed by atoms with E-state index >= 15 is 0 Å². The molecule has 0 radical (unpaired) electrons. The van der Waals surface area contributed by atoms with E-state index in [1.807, 2.05) is 0 Å². The number of nitro benzene ring substituents is 1. The van der Waals surface area contributed by atoms with E-state index in [0.29, 0.717) is 11.7 Å². The van der Waals surface area contributed by atoms with Gasteiger partial charge in [0.15, 0.2) is 5.82 Å². The standard InChI is InChI=1S/C11H10FN3O3/c1-7-5-14-11(18-7)6-13-10-3-2-8(15(16)17)4-9(10)12/h2-5,13H,6H2,1H3. The average Bonchev–Trinajstić information content (AvgIpc) is 2.73. The number of nitrogens with zero attached hydrogens (tertiary/aromatic N) is 2. The Morgan fingerprint density at radius 1 is 1.56 bits per heavy atom. The minimum atomic E-state index is -0.688. The van der Waals surface area contributed by atoms with Crippen LogP contribution in [0, 0.1) is 22.9 Å². The smallest absolute Gasteiger partial charge is 0.272 e. The summed E-state index contributed by atoms with van der Waals surface area (Å²) in [5.41, 5.74) is -0.124. The maximum absolute atomic E-state index is 13.5. The molecule has 0 saturated heterocycles. The van der Waals surface area contributed by atoms with Gasteiger partial charge in [0.05, 0.1) is 29.4 Å². The Morgan fingerprint density at radius 2 is 2.33 bits per heavy atom. The Hall–Kier alpha value is -2.44. The summed E-state index contributed by atoms with van der Waals surface area (Å²) in [6.45, 7) is 1.96. The molecule has 1 heterocycles. The van der Waals surface area contributed by atoms with Crippen LogP contribution in [0.1, 0.15) is 11.7 Å². The van der Waals surface area contributed by atoms with E-state index in [2.05, 4.69) is 10.3 Å². The number of halogens is 1. The lowest BCUT2D eigenvalue weighted by Crippen LogP contribution is -2.02. The highest BCUT2D eigenvalue weighted by atomic mass is 19.1. The number of anilines is 1. The molecule has 0 saturated carbocycles. The second-order valence-corrected chi connectivity index (χ2v) is 3.64. The van der Waals surface area contributed by atoms with Crippen molar-refractivity contribution >= 4 is 11.4 Å². The van der Waals surface area contributed by atoms with Crippen LogP contribution < -0.4 is 5.32 Å². The summed E-state index contributed by atoms with van der Waals surface area (Å²) < 4.78 is 18.7. The van der Waals surface area contributed by atoms with E-state index in [0.717, 1.165) is 6.07 Å². The molecule has 0 spiro atoms. The number of benzene rings is 1. The SMILES string of the molecule is Cc1cnc(CNc2ccc([N+](=O)[O-])cc2F)o1. The van der Waals surface area contributed by atoms with Crippen LogP contribution in [-0.4, -0.2) is 9.91 Å². The van der Waals surface area contributed by atoms with Crippen LogP contribution in [0.4, 0.5) is 15.8 Å². The molecule has 0 unspecified atom stereocenters. The summed E-state index contributed by atoms with van der Waals surface area (Å²) >= 11 is 0. The quantitative estimate of drug-likeness (QED) is 0.667. The molecule has 0 amide bonds. The van der Waals surface area contributed by atoms with E-state index in [1.165, 1.54) is 12.1 Å². The van der Waals surface area contributed by atoms with Crippen molar-refractivity contribution in [1.29, 1.82) is 0 Å². The molecule has 1 aromatic carbocycles. The zero-order chi connectivity index (χ0) is 13.1. The van der Waals surface area contributed by atoms with Gasteiger partial charge < -0.3 is 9.73 Å². The summed E-state index contributed by atoms with van der Waals surface area (Å²) in [5.74, 6) is 0.397. The molecule has 0 aliphatic heterocycles. The number of aromatic nitrogens is 1. The van der Waals surface area contributed by atoms with Gasteiger partial charge in [0, 0.05) is 6.07 Å². The lowest BCUT2D eigenvalue weighted by molar-refractivity contribution is -0.385. The maximum atomic E-state index is 13.5. The Kier molecular flexibility index (Phi) is 3.22. The lowest BCUT2D eigenvalue weighted by Gasteiger charge is -2.04. The zero-order valence-electron chi connectivity index (χ0n) is 9.51. The van der Waals surface area contributed by atoms with E-state index in [-0.39, 0.29) is 17.9 Å². The van der Waals surface area contributed by atoms with Crippen LogP contribution in [0.25, 0.3) is 0 Å². The van der Waals surface area contributed by atoms with Crippen LogP contribution in [0.15, 0.2) is 28.8 Å². The molecule has 0 aliphatic carbocycles. The normalized spacial score (nSPS) is 10.3. The van der Waals surface area contributed by atoms with Crippen LogP contribution in [0.2, 0.25) is 0 Å². The molecule has 2 rings (SSSR count). The molecule has 0 fully saturated rings. The first kappa shape index (κ1) is 12.0. The van der Waals surface area contributed by atoms with Gasteiger partial charge in [-0.3, -0.25) is 10.1 Å². The number of non-ortho nitro benzene ring substituents is 1. The highest BCUT2D eigenvalue weighted by molar-refractivity contribution is 5.50. The van der Waals surface area contributed by atoms with Gasteiger partial charge in [0.25, 0.3) is 5.69 Å². The fourth-order valence-corrected chi connectivity index (χ4v) is 1.41. The zero-order valence-corrected chi connectivity index (χ0v) is 9.51. The van der Waals surface area contributed by atoms with Crippen LogP contribution in [0.5, 0.6) is 0 Å². The molecular weight excluding hydrogens is 241 g/mol. The van der Waals surface area contributed by atoms with Crippen LogP contribution >= 0.6 is 0 Å². The molecule has 0 atom stereocenters. The minimum absolute atomic E-state index is 0.163. The monoisotopic (exact) mass is 251 g/mol. The predicted molar refractivity (Wildman–Crippen MR) is 61.6 cm³/mol.